The molecular weight excluding hydrogens is 456 g/mol. The number of nitrogens with zero attached hydrogens (tertiary/aromatic N) is 2. The molecule has 0 bridgehead atoms. The summed E-state index contributed by atoms with van der Waals surface area (Å²) in [6, 6.07) is 11.8. The Morgan fingerprint density at radius 3 is 2.29 bits per heavy atom. The van der Waals surface area contributed by atoms with Crippen molar-refractivity contribution < 1.29 is 31.8 Å². The first-order chi connectivity index (χ1) is 16.2. The van der Waals surface area contributed by atoms with E-state index in [1.54, 1.807) is 18.2 Å². The molecule has 1 aromatic heterocycles. The molecule has 3 aromatic carbocycles. The van der Waals surface area contributed by atoms with Crippen LogP contribution in [0.25, 0.3) is 11.0 Å². The first-order valence-electron chi connectivity index (χ1n) is 9.75. The number of urea groups is 1. The number of hydrogen-bond donors (Lipinski definition) is 2. The molecule has 0 spiro atoms. The Bertz CT molecular complexity index is 1340. The minimum atomic E-state index is -4.48. The van der Waals surface area contributed by atoms with E-state index in [9.17, 15) is 22.4 Å². The third-order valence-corrected chi connectivity index (χ3v) is 4.59. The first kappa shape index (κ1) is 22.8. The zero-order valence-corrected chi connectivity index (χ0v) is 17.5. The molecule has 0 radical (unpaired) electrons. The highest BCUT2D eigenvalue weighted by atomic mass is 19.4. The van der Waals surface area contributed by atoms with E-state index in [0.717, 1.165) is 30.3 Å². The number of ether oxygens (including phenoxy) is 2. The number of aromatic nitrogens is 2. The number of hydrogen-bond acceptors (Lipinski definition) is 5. The van der Waals surface area contributed by atoms with Crippen molar-refractivity contribution >= 4 is 28.4 Å². The number of nitrogens with one attached hydrogen (secondary N) is 2. The zero-order chi connectivity index (χ0) is 24.3. The molecule has 2 amide bonds. The summed E-state index contributed by atoms with van der Waals surface area (Å²) in [7, 11) is 1.46. The van der Waals surface area contributed by atoms with Gasteiger partial charge in [0.25, 0.3) is 0 Å². The lowest BCUT2D eigenvalue weighted by atomic mass is 10.2. The maximum Gasteiger partial charge on any atom is 0.416 e. The van der Waals surface area contributed by atoms with Gasteiger partial charge in [0.15, 0.2) is 11.6 Å². The maximum absolute atomic E-state index is 14.6. The number of carbonyl (C=O) groups excluding carboxylic acids is 1. The summed E-state index contributed by atoms with van der Waals surface area (Å²) >= 11 is 0. The zero-order valence-electron chi connectivity index (χ0n) is 17.5. The molecule has 4 aromatic rings. The van der Waals surface area contributed by atoms with Gasteiger partial charge in [-0.1, -0.05) is 0 Å². The SMILES string of the molecule is COc1cnc2ccc(Oc3ccc(NC(=O)Nc4ccc(C(F)(F)F)cc4)cc3F)cc2n1. The Morgan fingerprint density at radius 2 is 1.62 bits per heavy atom. The van der Waals surface area contributed by atoms with E-state index in [1.807, 2.05) is 0 Å². The number of methoxy groups -OCH3 is 1. The van der Waals surface area contributed by atoms with E-state index < -0.39 is 23.6 Å². The van der Waals surface area contributed by atoms with Gasteiger partial charge in [0, 0.05) is 23.5 Å². The monoisotopic (exact) mass is 472 g/mol. The highest BCUT2D eigenvalue weighted by Crippen LogP contribution is 2.30. The maximum atomic E-state index is 14.6. The molecule has 0 aliphatic rings. The minimum Gasteiger partial charge on any atom is -0.480 e. The number of benzene rings is 3. The van der Waals surface area contributed by atoms with Gasteiger partial charge in [0.2, 0.25) is 5.88 Å². The number of rotatable bonds is 5. The van der Waals surface area contributed by atoms with Gasteiger partial charge >= 0.3 is 12.2 Å². The third kappa shape index (κ3) is 5.31. The van der Waals surface area contributed by atoms with Gasteiger partial charge in [0.05, 0.1) is 29.9 Å². The summed E-state index contributed by atoms with van der Waals surface area (Å²) < 4.78 is 63.0. The Morgan fingerprint density at radius 1 is 0.912 bits per heavy atom. The quantitative estimate of drug-likeness (QED) is 0.336. The van der Waals surface area contributed by atoms with Crippen molar-refractivity contribution in [1.29, 1.82) is 0 Å². The number of fused-ring (bicyclic) bond motifs is 1. The van der Waals surface area contributed by atoms with Crippen LogP contribution in [0.2, 0.25) is 0 Å². The van der Waals surface area contributed by atoms with E-state index in [2.05, 4.69) is 20.6 Å². The molecule has 34 heavy (non-hydrogen) atoms. The molecule has 2 N–H and O–H groups in total. The summed E-state index contributed by atoms with van der Waals surface area (Å²) in [5.74, 6) is -0.205. The van der Waals surface area contributed by atoms with Crippen molar-refractivity contribution in [3.8, 4) is 17.4 Å². The molecule has 0 saturated heterocycles. The molecule has 7 nitrogen and oxygen atoms in total. The van der Waals surface area contributed by atoms with Gasteiger partial charge in [0.1, 0.15) is 5.75 Å². The molecule has 174 valence electrons. The van der Waals surface area contributed by atoms with Crippen molar-refractivity contribution in [2.75, 3.05) is 17.7 Å². The largest absolute Gasteiger partial charge is 0.480 e. The molecular formula is C23H16F4N4O3. The minimum absolute atomic E-state index is 0.0936. The molecule has 0 saturated carbocycles. The summed E-state index contributed by atoms with van der Waals surface area (Å²) in [5.41, 5.74) is 0.516. The van der Waals surface area contributed by atoms with Gasteiger partial charge in [-0.15, -0.1) is 0 Å². The Hall–Kier alpha value is -4.41. The average molecular weight is 472 g/mol. The van der Waals surface area contributed by atoms with Crippen molar-refractivity contribution in [2.24, 2.45) is 0 Å². The normalized spacial score (nSPS) is 11.2. The molecule has 0 atom stereocenters. The van der Waals surface area contributed by atoms with Crippen LogP contribution in [0.15, 0.2) is 66.9 Å². The van der Waals surface area contributed by atoms with E-state index >= 15 is 0 Å². The van der Waals surface area contributed by atoms with Crippen LogP contribution < -0.4 is 20.1 Å². The van der Waals surface area contributed by atoms with Crippen molar-refractivity contribution in [3.05, 3.63) is 78.2 Å². The summed E-state index contributed by atoms with van der Waals surface area (Å²) in [4.78, 5) is 20.5. The number of carbonyl (C=O) groups is 1. The fourth-order valence-electron chi connectivity index (χ4n) is 2.96. The summed E-state index contributed by atoms with van der Waals surface area (Å²) in [6.07, 6.45) is -3.00. The standard InChI is InChI=1S/C23H16F4N4O3/c1-33-21-12-28-18-8-7-16(11-19(18)31-21)34-20-9-6-15(10-17(20)24)30-22(32)29-14-4-2-13(3-5-14)23(25,26)27/h2-12H,1H3,(H2,29,30,32). The second-order valence-electron chi connectivity index (χ2n) is 6.96. The molecule has 0 aliphatic heterocycles. The van der Waals surface area contributed by atoms with Gasteiger partial charge in [-0.2, -0.15) is 13.2 Å². The van der Waals surface area contributed by atoms with Crippen LogP contribution in [-0.2, 0) is 6.18 Å². The summed E-state index contributed by atoms with van der Waals surface area (Å²) in [5, 5.41) is 4.78. The number of alkyl halides is 3. The fourth-order valence-corrected chi connectivity index (χ4v) is 2.96. The van der Waals surface area contributed by atoms with Gasteiger partial charge < -0.3 is 20.1 Å². The molecule has 4 rings (SSSR count). The molecule has 1 heterocycles. The summed E-state index contributed by atoms with van der Waals surface area (Å²) in [6.45, 7) is 0. The van der Waals surface area contributed by atoms with E-state index in [4.69, 9.17) is 9.47 Å². The van der Waals surface area contributed by atoms with Crippen LogP contribution in [0, 0.1) is 5.82 Å². The first-order valence-corrected chi connectivity index (χ1v) is 9.75. The number of amides is 2. The lowest BCUT2D eigenvalue weighted by Crippen LogP contribution is -2.19. The van der Waals surface area contributed by atoms with E-state index in [0.29, 0.717) is 22.7 Å². The van der Waals surface area contributed by atoms with Crippen LogP contribution in [-0.4, -0.2) is 23.1 Å². The molecule has 0 aliphatic carbocycles. The highest BCUT2D eigenvalue weighted by molar-refractivity contribution is 5.99. The number of anilines is 2. The van der Waals surface area contributed by atoms with Gasteiger partial charge in [-0.3, -0.25) is 0 Å². The second-order valence-corrected chi connectivity index (χ2v) is 6.96. The number of halogens is 4. The van der Waals surface area contributed by atoms with Crippen LogP contribution >= 0.6 is 0 Å². The smallest absolute Gasteiger partial charge is 0.416 e. The van der Waals surface area contributed by atoms with Crippen LogP contribution in [0.5, 0.6) is 17.4 Å². The lowest BCUT2D eigenvalue weighted by molar-refractivity contribution is -0.137. The van der Waals surface area contributed by atoms with Gasteiger partial charge in [-0.05, 0) is 48.5 Å². The lowest BCUT2D eigenvalue weighted by Gasteiger charge is -2.11. The Balaban J connectivity index is 1.41. The predicted molar refractivity (Wildman–Crippen MR) is 117 cm³/mol. The van der Waals surface area contributed by atoms with Crippen LogP contribution in [0.3, 0.4) is 0 Å². The Kier molecular flexibility index (Phi) is 6.17. The topological polar surface area (TPSA) is 85.4 Å². The van der Waals surface area contributed by atoms with Gasteiger partial charge in [-0.25, -0.2) is 19.2 Å². The second kappa shape index (κ2) is 9.22. The van der Waals surface area contributed by atoms with E-state index in [-0.39, 0.29) is 17.1 Å². The molecule has 0 unspecified atom stereocenters. The van der Waals surface area contributed by atoms with Crippen molar-refractivity contribution in [2.45, 2.75) is 6.18 Å². The average Bonchev–Trinajstić information content (AvgIpc) is 2.80. The predicted octanol–water partition coefficient (Wildman–Crippen LogP) is 6.23. The Labute approximate surface area is 190 Å². The highest BCUT2D eigenvalue weighted by Gasteiger charge is 2.30. The van der Waals surface area contributed by atoms with Crippen molar-refractivity contribution in [3.63, 3.8) is 0 Å². The van der Waals surface area contributed by atoms with Crippen molar-refractivity contribution in [1.82, 2.24) is 9.97 Å². The van der Waals surface area contributed by atoms with E-state index in [1.165, 1.54) is 25.4 Å². The fraction of sp³-hybridized carbons (Fsp3) is 0.0870. The molecule has 11 heteroatoms. The third-order valence-electron chi connectivity index (χ3n) is 4.59. The molecule has 0 fully saturated rings. The van der Waals surface area contributed by atoms with Crippen LogP contribution in [0.4, 0.5) is 33.7 Å². The van der Waals surface area contributed by atoms with Crippen LogP contribution in [0.1, 0.15) is 5.56 Å².